The Morgan fingerprint density at radius 1 is 0.688 bits per heavy atom. The molecule has 0 radical (unpaired) electrons. The first-order valence-electron chi connectivity index (χ1n) is 5.78. The van der Waals surface area contributed by atoms with Crippen LogP contribution in [0, 0.1) is 5.41 Å². The molecule has 0 aromatic carbocycles. The van der Waals surface area contributed by atoms with Crippen molar-refractivity contribution >= 4 is 0 Å². The molecule has 98 valence electrons. The SMILES string of the molecule is COCCOCCOCCOCC(C)(C)C. The Balaban J connectivity index is 2.99. The summed E-state index contributed by atoms with van der Waals surface area (Å²) in [5, 5.41) is 0. The van der Waals surface area contributed by atoms with Gasteiger partial charge in [-0.3, -0.25) is 0 Å². The highest BCUT2D eigenvalue weighted by molar-refractivity contribution is 4.58. The summed E-state index contributed by atoms with van der Waals surface area (Å²) >= 11 is 0. The summed E-state index contributed by atoms with van der Waals surface area (Å²) in [5.74, 6) is 0. The standard InChI is InChI=1S/C12H26O4/c1-12(2,3)11-16-10-9-15-8-7-14-6-5-13-4/h5-11H2,1-4H3. The lowest BCUT2D eigenvalue weighted by Crippen LogP contribution is -2.17. The van der Waals surface area contributed by atoms with Gasteiger partial charge in [0.1, 0.15) is 0 Å². The maximum Gasteiger partial charge on any atom is 0.0701 e. The first-order valence-corrected chi connectivity index (χ1v) is 5.78. The lowest BCUT2D eigenvalue weighted by Gasteiger charge is -2.17. The van der Waals surface area contributed by atoms with E-state index in [1.807, 2.05) is 0 Å². The number of rotatable bonds is 10. The molecule has 0 aliphatic carbocycles. The smallest absolute Gasteiger partial charge is 0.0701 e. The van der Waals surface area contributed by atoms with E-state index in [0.29, 0.717) is 39.6 Å². The quantitative estimate of drug-likeness (QED) is 0.539. The van der Waals surface area contributed by atoms with Crippen LogP contribution in [0.3, 0.4) is 0 Å². The Morgan fingerprint density at radius 2 is 1.12 bits per heavy atom. The van der Waals surface area contributed by atoms with Crippen LogP contribution in [0.4, 0.5) is 0 Å². The van der Waals surface area contributed by atoms with E-state index in [4.69, 9.17) is 18.9 Å². The minimum absolute atomic E-state index is 0.225. The van der Waals surface area contributed by atoms with E-state index in [0.717, 1.165) is 6.61 Å². The Hall–Kier alpha value is -0.160. The average molecular weight is 234 g/mol. The molecular weight excluding hydrogens is 208 g/mol. The highest BCUT2D eigenvalue weighted by atomic mass is 16.6. The molecule has 0 spiro atoms. The van der Waals surface area contributed by atoms with E-state index in [2.05, 4.69) is 20.8 Å². The lowest BCUT2D eigenvalue weighted by atomic mass is 9.99. The highest BCUT2D eigenvalue weighted by Gasteiger charge is 2.09. The van der Waals surface area contributed by atoms with Crippen LogP contribution in [0.15, 0.2) is 0 Å². The molecule has 16 heavy (non-hydrogen) atoms. The van der Waals surface area contributed by atoms with E-state index in [-0.39, 0.29) is 5.41 Å². The first kappa shape index (κ1) is 15.8. The molecule has 0 saturated carbocycles. The van der Waals surface area contributed by atoms with Crippen LogP contribution in [0.25, 0.3) is 0 Å². The normalized spacial score (nSPS) is 12.0. The van der Waals surface area contributed by atoms with Crippen molar-refractivity contribution in [3.8, 4) is 0 Å². The molecule has 0 atom stereocenters. The molecule has 0 saturated heterocycles. The molecule has 0 fully saturated rings. The summed E-state index contributed by atoms with van der Waals surface area (Å²) in [5.41, 5.74) is 0.225. The van der Waals surface area contributed by atoms with Crippen LogP contribution in [-0.2, 0) is 18.9 Å². The van der Waals surface area contributed by atoms with Crippen LogP contribution < -0.4 is 0 Å². The summed E-state index contributed by atoms with van der Waals surface area (Å²) in [6.45, 7) is 11.0. The molecule has 0 aliphatic rings. The predicted molar refractivity (Wildman–Crippen MR) is 63.8 cm³/mol. The molecule has 0 bridgehead atoms. The van der Waals surface area contributed by atoms with Gasteiger partial charge in [0.05, 0.1) is 46.2 Å². The van der Waals surface area contributed by atoms with Gasteiger partial charge in [0.15, 0.2) is 0 Å². The van der Waals surface area contributed by atoms with Crippen LogP contribution in [-0.4, -0.2) is 53.4 Å². The van der Waals surface area contributed by atoms with Crippen molar-refractivity contribution in [2.75, 3.05) is 53.4 Å². The summed E-state index contributed by atoms with van der Waals surface area (Å²) < 4.78 is 20.9. The predicted octanol–water partition coefficient (Wildman–Crippen LogP) is 1.73. The lowest BCUT2D eigenvalue weighted by molar-refractivity contribution is -0.00737. The number of ether oxygens (including phenoxy) is 4. The second-order valence-corrected chi connectivity index (χ2v) is 4.83. The molecule has 0 N–H and O–H groups in total. The highest BCUT2D eigenvalue weighted by Crippen LogP contribution is 2.12. The second-order valence-electron chi connectivity index (χ2n) is 4.83. The summed E-state index contributed by atoms with van der Waals surface area (Å²) in [4.78, 5) is 0. The van der Waals surface area contributed by atoms with Crippen molar-refractivity contribution in [3.05, 3.63) is 0 Å². The number of hydrogen-bond donors (Lipinski definition) is 0. The Labute approximate surface area is 99.2 Å². The Bertz CT molecular complexity index is 142. The van der Waals surface area contributed by atoms with Crippen LogP contribution in [0.1, 0.15) is 20.8 Å². The van der Waals surface area contributed by atoms with E-state index >= 15 is 0 Å². The molecule has 4 nitrogen and oxygen atoms in total. The van der Waals surface area contributed by atoms with E-state index in [1.54, 1.807) is 7.11 Å². The van der Waals surface area contributed by atoms with Crippen LogP contribution in [0.2, 0.25) is 0 Å². The largest absolute Gasteiger partial charge is 0.382 e. The second kappa shape index (κ2) is 10.0. The van der Waals surface area contributed by atoms with Gasteiger partial charge in [0, 0.05) is 7.11 Å². The van der Waals surface area contributed by atoms with Gasteiger partial charge in [-0.1, -0.05) is 20.8 Å². The molecule has 0 amide bonds. The summed E-state index contributed by atoms with van der Waals surface area (Å²) in [6, 6.07) is 0. The van der Waals surface area contributed by atoms with E-state index in [1.165, 1.54) is 0 Å². The fraction of sp³-hybridized carbons (Fsp3) is 1.00. The van der Waals surface area contributed by atoms with Gasteiger partial charge in [-0.05, 0) is 5.41 Å². The van der Waals surface area contributed by atoms with Crippen molar-refractivity contribution in [2.24, 2.45) is 5.41 Å². The minimum Gasteiger partial charge on any atom is -0.382 e. The van der Waals surface area contributed by atoms with Gasteiger partial charge in [0.25, 0.3) is 0 Å². The topological polar surface area (TPSA) is 36.9 Å². The van der Waals surface area contributed by atoms with E-state index in [9.17, 15) is 0 Å². The number of methoxy groups -OCH3 is 1. The Kier molecular flexibility index (Phi) is 9.92. The van der Waals surface area contributed by atoms with Crippen molar-refractivity contribution in [3.63, 3.8) is 0 Å². The van der Waals surface area contributed by atoms with Crippen molar-refractivity contribution in [2.45, 2.75) is 20.8 Å². The molecule has 0 unspecified atom stereocenters. The average Bonchev–Trinajstić information content (AvgIpc) is 2.19. The third kappa shape index (κ3) is 13.8. The molecule has 0 aromatic heterocycles. The fourth-order valence-electron chi connectivity index (χ4n) is 0.960. The first-order chi connectivity index (χ1) is 7.56. The molecular formula is C12H26O4. The minimum atomic E-state index is 0.225. The number of hydrogen-bond acceptors (Lipinski definition) is 4. The van der Waals surface area contributed by atoms with Crippen LogP contribution >= 0.6 is 0 Å². The zero-order valence-corrected chi connectivity index (χ0v) is 11.1. The molecule has 0 rings (SSSR count). The van der Waals surface area contributed by atoms with Crippen molar-refractivity contribution in [1.29, 1.82) is 0 Å². The van der Waals surface area contributed by atoms with Crippen molar-refractivity contribution in [1.82, 2.24) is 0 Å². The van der Waals surface area contributed by atoms with Gasteiger partial charge >= 0.3 is 0 Å². The Morgan fingerprint density at radius 3 is 1.56 bits per heavy atom. The molecule has 0 aliphatic heterocycles. The fourth-order valence-corrected chi connectivity index (χ4v) is 0.960. The zero-order chi connectivity index (χ0) is 12.3. The molecule has 0 heterocycles. The summed E-state index contributed by atoms with van der Waals surface area (Å²) in [7, 11) is 1.66. The van der Waals surface area contributed by atoms with Crippen molar-refractivity contribution < 1.29 is 18.9 Å². The van der Waals surface area contributed by atoms with Crippen LogP contribution in [0.5, 0.6) is 0 Å². The molecule has 0 aromatic rings. The van der Waals surface area contributed by atoms with Gasteiger partial charge < -0.3 is 18.9 Å². The van der Waals surface area contributed by atoms with E-state index < -0.39 is 0 Å². The monoisotopic (exact) mass is 234 g/mol. The van der Waals surface area contributed by atoms with Gasteiger partial charge in [-0.25, -0.2) is 0 Å². The maximum absolute atomic E-state index is 5.46. The third-order valence-electron chi connectivity index (χ3n) is 1.71. The van der Waals surface area contributed by atoms with Gasteiger partial charge in [0.2, 0.25) is 0 Å². The maximum atomic E-state index is 5.46. The summed E-state index contributed by atoms with van der Waals surface area (Å²) in [6.07, 6.45) is 0. The third-order valence-corrected chi connectivity index (χ3v) is 1.71. The zero-order valence-electron chi connectivity index (χ0n) is 11.1. The molecule has 4 heteroatoms. The van der Waals surface area contributed by atoms with Gasteiger partial charge in [-0.2, -0.15) is 0 Å². The van der Waals surface area contributed by atoms with Gasteiger partial charge in [-0.15, -0.1) is 0 Å².